The zero-order valence-corrected chi connectivity index (χ0v) is 17.4. The van der Waals surface area contributed by atoms with Crippen LogP contribution in [0.3, 0.4) is 0 Å². The molecule has 1 aliphatic heterocycles. The molecule has 5 nitrogen and oxygen atoms in total. The minimum atomic E-state index is -1.12. The van der Waals surface area contributed by atoms with Crippen LogP contribution in [0.2, 0.25) is 0 Å². The van der Waals surface area contributed by atoms with Gasteiger partial charge in [-0.15, -0.1) is 0 Å². The summed E-state index contributed by atoms with van der Waals surface area (Å²) in [5, 5.41) is 12.7. The predicted molar refractivity (Wildman–Crippen MR) is 121 cm³/mol. The molecule has 0 aromatic heterocycles. The molecule has 3 aromatic carbocycles. The summed E-state index contributed by atoms with van der Waals surface area (Å²) in [7, 11) is 0. The first-order valence-electron chi connectivity index (χ1n) is 10.4. The van der Waals surface area contributed by atoms with Crippen molar-refractivity contribution in [2.24, 2.45) is 4.99 Å². The first-order valence-corrected chi connectivity index (χ1v) is 10.4. The van der Waals surface area contributed by atoms with Gasteiger partial charge in [0.1, 0.15) is 12.3 Å². The zero-order valence-electron chi connectivity index (χ0n) is 17.4. The number of esters is 1. The van der Waals surface area contributed by atoms with Crippen LogP contribution in [0.5, 0.6) is 0 Å². The number of carbonyl (C=O) groups is 1. The Kier molecular flexibility index (Phi) is 6.26. The van der Waals surface area contributed by atoms with Gasteiger partial charge >= 0.3 is 5.97 Å². The van der Waals surface area contributed by atoms with Crippen molar-refractivity contribution in [3.05, 3.63) is 96.1 Å². The molecule has 1 N–H and O–H groups in total. The highest BCUT2D eigenvalue weighted by Gasteiger charge is 2.39. The molecule has 0 bridgehead atoms. The number of ether oxygens (including phenoxy) is 2. The molecule has 3 aromatic rings. The van der Waals surface area contributed by atoms with E-state index in [0.29, 0.717) is 18.6 Å². The van der Waals surface area contributed by atoms with Crippen molar-refractivity contribution in [3.8, 4) is 0 Å². The molecular formula is C26H25NO4. The lowest BCUT2D eigenvalue weighted by molar-refractivity contribution is -0.139. The third-order valence-electron chi connectivity index (χ3n) is 5.42. The molecule has 0 fully saturated rings. The van der Waals surface area contributed by atoms with Crippen molar-refractivity contribution < 1.29 is 19.4 Å². The van der Waals surface area contributed by atoms with Crippen LogP contribution < -0.4 is 0 Å². The number of aliphatic hydroxyl groups is 1. The van der Waals surface area contributed by atoms with Gasteiger partial charge in [0.25, 0.3) is 0 Å². The molecular weight excluding hydrogens is 390 g/mol. The van der Waals surface area contributed by atoms with Crippen LogP contribution >= 0.6 is 0 Å². The number of benzene rings is 3. The highest BCUT2D eigenvalue weighted by atomic mass is 16.6. The standard InChI is InChI=1S/C26H25NO4/c1-2-26(17-9-16-23(28)30-18-19-10-4-3-5-11-19)27-24(25(29)31-26)22-15-8-13-20-12-6-7-14-21(20)22/h3-16,25,29H,2,17-18H2,1H3/b16-9+/t25?,26-/m0/s1. The van der Waals surface area contributed by atoms with Crippen molar-refractivity contribution in [2.75, 3.05) is 0 Å². The molecule has 4 rings (SSSR count). The Morgan fingerprint density at radius 1 is 1.10 bits per heavy atom. The second kappa shape index (κ2) is 9.25. The minimum absolute atomic E-state index is 0.224. The minimum Gasteiger partial charge on any atom is -0.458 e. The van der Waals surface area contributed by atoms with Crippen LogP contribution in [0, 0.1) is 0 Å². The largest absolute Gasteiger partial charge is 0.458 e. The molecule has 31 heavy (non-hydrogen) atoms. The summed E-state index contributed by atoms with van der Waals surface area (Å²) in [6, 6.07) is 23.4. The first-order chi connectivity index (χ1) is 15.1. The molecule has 158 valence electrons. The lowest BCUT2D eigenvalue weighted by Gasteiger charge is -2.22. The molecule has 0 spiro atoms. The fourth-order valence-electron chi connectivity index (χ4n) is 3.72. The van der Waals surface area contributed by atoms with E-state index in [2.05, 4.69) is 0 Å². The molecule has 1 heterocycles. The number of hydrogen-bond acceptors (Lipinski definition) is 5. The number of rotatable bonds is 7. The number of carbonyl (C=O) groups excluding carboxylic acids is 1. The van der Waals surface area contributed by atoms with Crippen LogP contribution in [0.25, 0.3) is 10.8 Å². The van der Waals surface area contributed by atoms with Crippen LogP contribution in [0.4, 0.5) is 0 Å². The van der Waals surface area contributed by atoms with Crippen molar-refractivity contribution >= 4 is 22.5 Å². The molecule has 5 heteroatoms. The molecule has 1 aliphatic rings. The van der Waals surface area contributed by atoms with E-state index in [1.807, 2.05) is 79.7 Å². The summed E-state index contributed by atoms with van der Waals surface area (Å²) in [5.74, 6) is -0.424. The van der Waals surface area contributed by atoms with Gasteiger partial charge in [-0.3, -0.25) is 0 Å². The highest BCUT2D eigenvalue weighted by molar-refractivity contribution is 6.13. The quantitative estimate of drug-likeness (QED) is 0.446. The van der Waals surface area contributed by atoms with E-state index in [0.717, 1.165) is 21.9 Å². The number of hydrogen-bond donors (Lipinski definition) is 1. The smallest absolute Gasteiger partial charge is 0.330 e. The Labute approximate surface area is 181 Å². The maximum Gasteiger partial charge on any atom is 0.330 e. The third-order valence-corrected chi connectivity index (χ3v) is 5.42. The summed E-state index contributed by atoms with van der Waals surface area (Å²) in [6.45, 7) is 2.17. The molecule has 0 radical (unpaired) electrons. The van der Waals surface area contributed by atoms with Gasteiger partial charge in [-0.1, -0.05) is 85.8 Å². The molecule has 1 unspecified atom stereocenters. The zero-order chi connectivity index (χ0) is 21.7. The second-order valence-corrected chi connectivity index (χ2v) is 7.49. The van der Waals surface area contributed by atoms with Crippen molar-refractivity contribution in [2.45, 2.75) is 38.4 Å². The Morgan fingerprint density at radius 3 is 2.65 bits per heavy atom. The van der Waals surface area contributed by atoms with E-state index in [-0.39, 0.29) is 6.61 Å². The van der Waals surface area contributed by atoms with Crippen molar-refractivity contribution in [1.29, 1.82) is 0 Å². The molecule has 2 atom stereocenters. The Balaban J connectivity index is 1.47. The van der Waals surface area contributed by atoms with Gasteiger partial charge in [0.15, 0.2) is 5.72 Å². The van der Waals surface area contributed by atoms with Crippen LogP contribution in [0.1, 0.15) is 30.9 Å². The first kappa shape index (κ1) is 21.0. The lowest BCUT2D eigenvalue weighted by Crippen LogP contribution is -2.28. The van der Waals surface area contributed by atoms with E-state index in [4.69, 9.17) is 14.5 Å². The number of aliphatic hydroxyl groups excluding tert-OH is 1. The summed E-state index contributed by atoms with van der Waals surface area (Å²) < 4.78 is 11.1. The topological polar surface area (TPSA) is 68.1 Å². The van der Waals surface area contributed by atoms with Crippen LogP contribution in [-0.2, 0) is 20.9 Å². The summed E-state index contributed by atoms with van der Waals surface area (Å²) >= 11 is 0. The summed E-state index contributed by atoms with van der Waals surface area (Å²) in [6.07, 6.45) is 2.88. The van der Waals surface area contributed by atoms with E-state index < -0.39 is 18.0 Å². The monoisotopic (exact) mass is 415 g/mol. The Bertz CT molecular complexity index is 1120. The molecule has 0 saturated heterocycles. The van der Waals surface area contributed by atoms with E-state index in [1.54, 1.807) is 6.08 Å². The Hall–Kier alpha value is -3.28. The van der Waals surface area contributed by atoms with Gasteiger partial charge in [0, 0.05) is 18.1 Å². The number of fused-ring (bicyclic) bond motifs is 1. The average Bonchev–Trinajstić information content (AvgIpc) is 3.14. The lowest BCUT2D eigenvalue weighted by atomic mass is 10.0. The van der Waals surface area contributed by atoms with Gasteiger partial charge in [-0.05, 0) is 22.8 Å². The number of aliphatic imine (C=N–C) groups is 1. The van der Waals surface area contributed by atoms with E-state index in [1.165, 1.54) is 6.08 Å². The van der Waals surface area contributed by atoms with Crippen LogP contribution in [0.15, 0.2) is 89.9 Å². The second-order valence-electron chi connectivity index (χ2n) is 7.49. The van der Waals surface area contributed by atoms with Crippen LogP contribution in [-0.4, -0.2) is 28.8 Å². The maximum atomic E-state index is 12.0. The molecule has 0 aliphatic carbocycles. The average molecular weight is 415 g/mol. The Morgan fingerprint density at radius 2 is 1.84 bits per heavy atom. The summed E-state index contributed by atoms with van der Waals surface area (Å²) in [4.78, 5) is 16.8. The van der Waals surface area contributed by atoms with Crippen molar-refractivity contribution in [1.82, 2.24) is 0 Å². The van der Waals surface area contributed by atoms with E-state index >= 15 is 0 Å². The molecule has 0 saturated carbocycles. The van der Waals surface area contributed by atoms with E-state index in [9.17, 15) is 9.90 Å². The van der Waals surface area contributed by atoms with Gasteiger partial charge < -0.3 is 14.6 Å². The van der Waals surface area contributed by atoms with Gasteiger partial charge in [0.05, 0.1) is 0 Å². The van der Waals surface area contributed by atoms with Gasteiger partial charge in [-0.25, -0.2) is 9.79 Å². The molecule has 0 amide bonds. The maximum absolute atomic E-state index is 12.0. The van der Waals surface area contributed by atoms with Gasteiger partial charge in [-0.2, -0.15) is 0 Å². The van der Waals surface area contributed by atoms with Gasteiger partial charge in [0.2, 0.25) is 6.29 Å². The third kappa shape index (κ3) is 4.74. The van der Waals surface area contributed by atoms with Crippen molar-refractivity contribution in [3.63, 3.8) is 0 Å². The number of nitrogens with zero attached hydrogens (tertiary/aromatic N) is 1. The highest BCUT2D eigenvalue weighted by Crippen LogP contribution is 2.34. The predicted octanol–water partition coefficient (Wildman–Crippen LogP) is 4.77. The summed E-state index contributed by atoms with van der Waals surface area (Å²) in [5.41, 5.74) is 1.38. The fourth-order valence-corrected chi connectivity index (χ4v) is 3.72. The SMILES string of the molecule is CC[C@]1(C/C=C/C(=O)OCc2ccccc2)N=C(c2cccc3ccccc23)C(O)O1. The fraction of sp³-hybridized carbons (Fsp3) is 0.231. The normalized spacial score (nSPS) is 20.8.